The average molecular weight is 547 g/mol. The lowest BCUT2D eigenvalue weighted by Crippen LogP contribution is -2.68. The highest BCUT2D eigenvalue weighted by Gasteiger charge is 2.60. The van der Waals surface area contributed by atoms with Gasteiger partial charge in [-0.3, -0.25) is 19.3 Å². The second-order valence-corrected chi connectivity index (χ2v) is 10.6. The Morgan fingerprint density at radius 3 is 2.58 bits per heavy atom. The molecule has 212 valence electrons. The number of fused-ring (bicyclic) bond motifs is 1. The number of piperidine rings is 1. The van der Waals surface area contributed by atoms with Gasteiger partial charge < -0.3 is 19.5 Å². The third kappa shape index (κ3) is 6.45. The largest absolute Gasteiger partial charge is 0.497 e. The number of hydrogen-bond acceptors (Lipinski definition) is 7. The molecule has 0 bridgehead atoms. The minimum absolute atomic E-state index is 0.144. The minimum Gasteiger partial charge on any atom is -0.497 e. The van der Waals surface area contributed by atoms with Crippen LogP contribution in [0.3, 0.4) is 0 Å². The van der Waals surface area contributed by atoms with Gasteiger partial charge in [0.1, 0.15) is 17.1 Å². The lowest BCUT2D eigenvalue weighted by Gasteiger charge is -2.59. The van der Waals surface area contributed by atoms with Crippen molar-refractivity contribution in [3.05, 3.63) is 78.4 Å². The number of amides is 1. The quantitative estimate of drug-likeness (QED) is 0.215. The number of rotatable bonds is 9. The molecule has 1 N–H and O–H groups in total. The van der Waals surface area contributed by atoms with Gasteiger partial charge in [0.25, 0.3) is 0 Å². The fourth-order valence-electron chi connectivity index (χ4n) is 6.34. The molecule has 3 atom stereocenters. The zero-order valence-corrected chi connectivity index (χ0v) is 23.5. The molecule has 0 unspecified atom stereocenters. The van der Waals surface area contributed by atoms with Crippen LogP contribution in [0.2, 0.25) is 0 Å². The molecule has 8 nitrogen and oxygen atoms in total. The van der Waals surface area contributed by atoms with Crippen molar-refractivity contribution in [1.82, 2.24) is 10.2 Å². The molecule has 40 heavy (non-hydrogen) atoms. The number of likely N-dealkylation sites (tertiary alicyclic amines) is 1. The molecule has 2 aliphatic rings. The summed E-state index contributed by atoms with van der Waals surface area (Å²) in [5, 5.41) is 3.19. The summed E-state index contributed by atoms with van der Waals surface area (Å²) in [6.07, 6.45) is 7.64. The van der Waals surface area contributed by atoms with Crippen LogP contribution in [0.1, 0.15) is 50.7 Å². The summed E-state index contributed by atoms with van der Waals surface area (Å²) in [6.45, 7) is 8.70. The number of nitrogens with one attached hydrogen (secondary N) is 1. The molecule has 1 saturated heterocycles. The maximum atomic E-state index is 13.0. The summed E-state index contributed by atoms with van der Waals surface area (Å²) in [6, 6.07) is 14.8. The van der Waals surface area contributed by atoms with Crippen molar-refractivity contribution in [2.24, 2.45) is 0 Å². The van der Waals surface area contributed by atoms with E-state index in [2.05, 4.69) is 16.8 Å². The predicted molar refractivity (Wildman–Crippen MR) is 153 cm³/mol. The molecule has 0 spiro atoms. The van der Waals surface area contributed by atoms with Gasteiger partial charge in [-0.25, -0.2) is 0 Å². The molecule has 1 heterocycles. The Hall–Kier alpha value is -3.91. The third-order valence-electron chi connectivity index (χ3n) is 7.94. The van der Waals surface area contributed by atoms with Crippen LogP contribution >= 0.6 is 0 Å². The fraction of sp³-hybridized carbons (Fsp3) is 0.406. The first-order valence-corrected chi connectivity index (χ1v) is 13.6. The van der Waals surface area contributed by atoms with E-state index >= 15 is 0 Å². The Morgan fingerprint density at radius 2 is 1.85 bits per heavy atom. The first-order chi connectivity index (χ1) is 19.2. The number of ether oxygens (including phenoxy) is 3. The zero-order chi connectivity index (χ0) is 28.8. The molecule has 1 saturated carbocycles. The van der Waals surface area contributed by atoms with Gasteiger partial charge in [0.15, 0.2) is 0 Å². The minimum atomic E-state index is -0.813. The Bertz CT molecular complexity index is 1290. The van der Waals surface area contributed by atoms with Crippen LogP contribution in [0.15, 0.2) is 67.3 Å². The van der Waals surface area contributed by atoms with Crippen LogP contribution in [0, 0.1) is 0 Å². The van der Waals surface area contributed by atoms with Gasteiger partial charge >= 0.3 is 11.9 Å². The van der Waals surface area contributed by atoms with Crippen LogP contribution in [0.5, 0.6) is 11.5 Å². The number of benzene rings is 2. The monoisotopic (exact) mass is 546 g/mol. The summed E-state index contributed by atoms with van der Waals surface area (Å²) in [4.78, 5) is 39.5. The smallest absolute Gasteiger partial charge is 0.308 e. The number of nitrogens with zero attached hydrogens (tertiary/aromatic N) is 1. The van der Waals surface area contributed by atoms with Crippen molar-refractivity contribution in [1.29, 1.82) is 0 Å². The van der Waals surface area contributed by atoms with Crippen LogP contribution in [0.25, 0.3) is 6.08 Å². The Morgan fingerprint density at radius 1 is 1.07 bits per heavy atom. The first-order valence-electron chi connectivity index (χ1n) is 13.6. The number of hydrogen-bond donors (Lipinski definition) is 1. The molecule has 4 rings (SSSR count). The summed E-state index contributed by atoms with van der Waals surface area (Å²) >= 11 is 0. The number of carbonyl (C=O) groups excluding carboxylic acids is 3. The molecule has 0 aromatic heterocycles. The van der Waals surface area contributed by atoms with Crippen LogP contribution < -0.4 is 14.8 Å². The Kier molecular flexibility index (Phi) is 9.10. The van der Waals surface area contributed by atoms with Gasteiger partial charge in [0.2, 0.25) is 5.91 Å². The van der Waals surface area contributed by atoms with E-state index < -0.39 is 17.0 Å². The van der Waals surface area contributed by atoms with E-state index in [9.17, 15) is 14.4 Å². The second kappa shape index (κ2) is 12.5. The van der Waals surface area contributed by atoms with Gasteiger partial charge in [-0.2, -0.15) is 0 Å². The average Bonchev–Trinajstić information content (AvgIpc) is 2.92. The topological polar surface area (TPSA) is 94.2 Å². The molecule has 1 aliphatic heterocycles. The van der Waals surface area contributed by atoms with Crippen molar-refractivity contribution < 1.29 is 28.6 Å². The van der Waals surface area contributed by atoms with Crippen molar-refractivity contribution in [2.75, 3.05) is 26.7 Å². The zero-order valence-electron chi connectivity index (χ0n) is 23.5. The number of esters is 2. The first kappa shape index (κ1) is 29.1. The normalized spacial score (nSPS) is 24.5. The van der Waals surface area contributed by atoms with Crippen LogP contribution in [-0.2, 0) is 24.5 Å². The van der Waals surface area contributed by atoms with E-state index in [1.807, 2.05) is 48.5 Å². The highest BCUT2D eigenvalue weighted by atomic mass is 16.6. The molecule has 2 aromatic rings. The van der Waals surface area contributed by atoms with Crippen molar-refractivity contribution in [3.8, 4) is 11.5 Å². The molecule has 2 aromatic carbocycles. The molecule has 0 radical (unpaired) electrons. The van der Waals surface area contributed by atoms with E-state index in [4.69, 9.17) is 14.2 Å². The van der Waals surface area contributed by atoms with Crippen molar-refractivity contribution in [3.63, 3.8) is 0 Å². The van der Waals surface area contributed by atoms with E-state index in [-0.39, 0.29) is 17.9 Å². The lowest BCUT2D eigenvalue weighted by molar-refractivity contribution is -0.186. The third-order valence-corrected chi connectivity index (χ3v) is 7.94. The van der Waals surface area contributed by atoms with E-state index in [1.54, 1.807) is 19.3 Å². The van der Waals surface area contributed by atoms with Gasteiger partial charge in [-0.1, -0.05) is 30.3 Å². The van der Waals surface area contributed by atoms with Crippen molar-refractivity contribution in [2.45, 2.75) is 56.6 Å². The predicted octanol–water partition coefficient (Wildman–Crippen LogP) is 4.43. The molecule has 2 fully saturated rings. The SMILES string of the molecule is C=CCN1CC[C@@]2(c3cccc(OC(C)=O)c3)C[C@@H](NC(=O)C=Cc3cccc(OC)c3)CC[C@]2(OC(C)=O)C1. The fourth-order valence-corrected chi connectivity index (χ4v) is 6.34. The lowest BCUT2D eigenvalue weighted by atomic mass is 9.55. The summed E-state index contributed by atoms with van der Waals surface area (Å²) in [5.74, 6) is 0.220. The van der Waals surface area contributed by atoms with E-state index in [1.165, 1.54) is 19.9 Å². The summed E-state index contributed by atoms with van der Waals surface area (Å²) < 4.78 is 16.9. The van der Waals surface area contributed by atoms with Gasteiger partial charge in [-0.15, -0.1) is 6.58 Å². The summed E-state index contributed by atoms with van der Waals surface area (Å²) in [7, 11) is 1.61. The Balaban J connectivity index is 1.66. The van der Waals surface area contributed by atoms with Crippen LogP contribution in [-0.4, -0.2) is 61.1 Å². The molecule has 1 aliphatic carbocycles. The van der Waals surface area contributed by atoms with Crippen molar-refractivity contribution >= 4 is 23.9 Å². The van der Waals surface area contributed by atoms with E-state index in [0.29, 0.717) is 44.5 Å². The van der Waals surface area contributed by atoms with Gasteiger partial charge in [-0.05, 0) is 73.7 Å². The second-order valence-electron chi connectivity index (χ2n) is 10.6. The maximum Gasteiger partial charge on any atom is 0.308 e. The molecule has 8 heteroatoms. The molecule has 1 amide bonds. The maximum absolute atomic E-state index is 13.0. The highest BCUT2D eigenvalue weighted by Crippen LogP contribution is 2.54. The number of methoxy groups -OCH3 is 1. The molecular weight excluding hydrogens is 508 g/mol. The standard InChI is InChI=1S/C32H38N2O6/c1-5-17-34-18-16-31(26-9-7-11-29(20-26)39-23(2)35)21-27(14-15-32(31,22-34)40-24(3)36)33-30(37)13-12-25-8-6-10-28(19-25)38-4/h5-13,19-20,27H,1,14-18,21-22H2,2-4H3,(H,33,37)/t27-,31-,32-/m0/s1. The van der Waals surface area contributed by atoms with E-state index in [0.717, 1.165) is 23.4 Å². The van der Waals surface area contributed by atoms with Gasteiger partial charge in [0.05, 0.1) is 7.11 Å². The van der Waals surface area contributed by atoms with Gasteiger partial charge in [0, 0.05) is 44.5 Å². The highest BCUT2D eigenvalue weighted by molar-refractivity contribution is 5.92. The Labute approximate surface area is 236 Å². The summed E-state index contributed by atoms with van der Waals surface area (Å²) in [5.41, 5.74) is 0.378. The van der Waals surface area contributed by atoms with Crippen LogP contribution in [0.4, 0.5) is 0 Å². The number of carbonyl (C=O) groups is 3. The molecular formula is C32H38N2O6.